The maximum atomic E-state index is 13.4. The van der Waals surface area contributed by atoms with E-state index in [1.807, 2.05) is 0 Å². The van der Waals surface area contributed by atoms with Crippen molar-refractivity contribution >= 4 is 17.4 Å². The Balaban J connectivity index is 2.51. The monoisotopic (exact) mass is 239 g/mol. The zero-order valence-electron chi connectivity index (χ0n) is 8.94. The standard InChI is InChI=1S/C11H11ClFN3/c1-6-3-8(12)7(4-9(6)13)10-5-11(14-2)16-15-10/h3-5H,1-2H3,(H2,14,15,16). The van der Waals surface area contributed by atoms with E-state index in [0.29, 0.717) is 27.7 Å². The SMILES string of the molecule is CNc1cc(-c2cc(F)c(C)cc2Cl)[nH]n1. The van der Waals surface area contributed by atoms with Crippen LogP contribution < -0.4 is 5.32 Å². The van der Waals surface area contributed by atoms with Crippen LogP contribution in [0.15, 0.2) is 18.2 Å². The number of hydrogen-bond acceptors (Lipinski definition) is 2. The number of aryl methyl sites for hydroxylation is 1. The summed E-state index contributed by atoms with van der Waals surface area (Å²) < 4.78 is 13.4. The summed E-state index contributed by atoms with van der Waals surface area (Å²) in [6, 6.07) is 4.78. The molecule has 0 saturated heterocycles. The van der Waals surface area contributed by atoms with Crippen molar-refractivity contribution in [2.24, 2.45) is 0 Å². The van der Waals surface area contributed by atoms with Crippen molar-refractivity contribution in [3.8, 4) is 11.3 Å². The van der Waals surface area contributed by atoms with Crippen molar-refractivity contribution in [2.45, 2.75) is 6.92 Å². The second-order valence-electron chi connectivity index (χ2n) is 3.50. The number of nitrogens with zero attached hydrogens (tertiary/aromatic N) is 1. The van der Waals surface area contributed by atoms with Crippen LogP contribution in [0.3, 0.4) is 0 Å². The lowest BCUT2D eigenvalue weighted by atomic mass is 10.1. The van der Waals surface area contributed by atoms with Crippen LogP contribution in [0.2, 0.25) is 5.02 Å². The molecule has 1 aromatic carbocycles. The first-order valence-corrected chi connectivity index (χ1v) is 5.19. The number of aromatic nitrogens is 2. The molecule has 0 bridgehead atoms. The Kier molecular flexibility index (Phi) is 2.83. The van der Waals surface area contributed by atoms with E-state index < -0.39 is 0 Å². The molecule has 0 fully saturated rings. The van der Waals surface area contributed by atoms with Gasteiger partial charge in [0, 0.05) is 18.7 Å². The molecule has 16 heavy (non-hydrogen) atoms. The summed E-state index contributed by atoms with van der Waals surface area (Å²) in [5, 5.41) is 10.2. The zero-order chi connectivity index (χ0) is 11.7. The minimum absolute atomic E-state index is 0.278. The van der Waals surface area contributed by atoms with Crippen LogP contribution in [0.5, 0.6) is 0 Å². The molecule has 0 saturated carbocycles. The quantitative estimate of drug-likeness (QED) is 0.845. The van der Waals surface area contributed by atoms with Crippen LogP contribution in [0.4, 0.5) is 10.2 Å². The topological polar surface area (TPSA) is 40.7 Å². The molecule has 2 N–H and O–H groups in total. The Morgan fingerprint density at radius 1 is 1.38 bits per heavy atom. The Morgan fingerprint density at radius 3 is 2.75 bits per heavy atom. The van der Waals surface area contributed by atoms with E-state index in [1.54, 1.807) is 26.1 Å². The maximum absolute atomic E-state index is 13.4. The number of hydrogen-bond donors (Lipinski definition) is 2. The number of rotatable bonds is 2. The lowest BCUT2D eigenvalue weighted by molar-refractivity contribution is 0.619. The minimum Gasteiger partial charge on any atom is -0.372 e. The molecule has 5 heteroatoms. The van der Waals surface area contributed by atoms with Gasteiger partial charge in [-0.15, -0.1) is 0 Å². The second kappa shape index (κ2) is 4.14. The second-order valence-corrected chi connectivity index (χ2v) is 3.91. The van der Waals surface area contributed by atoms with Crippen molar-refractivity contribution in [3.63, 3.8) is 0 Å². The predicted octanol–water partition coefficient (Wildman–Crippen LogP) is 3.22. The third-order valence-electron chi connectivity index (χ3n) is 2.37. The molecule has 2 rings (SSSR count). The third-order valence-corrected chi connectivity index (χ3v) is 2.69. The van der Waals surface area contributed by atoms with E-state index in [0.717, 1.165) is 0 Å². The van der Waals surface area contributed by atoms with Gasteiger partial charge in [0.25, 0.3) is 0 Å². The number of aromatic amines is 1. The van der Waals surface area contributed by atoms with Crippen LogP contribution >= 0.6 is 11.6 Å². The molecule has 84 valence electrons. The lowest BCUT2D eigenvalue weighted by Gasteiger charge is -2.03. The largest absolute Gasteiger partial charge is 0.372 e. The fraction of sp³-hybridized carbons (Fsp3) is 0.182. The Labute approximate surface area is 97.6 Å². The molecule has 0 aliphatic rings. The fourth-order valence-corrected chi connectivity index (χ4v) is 1.76. The highest BCUT2D eigenvalue weighted by molar-refractivity contribution is 6.33. The molecule has 1 heterocycles. The number of anilines is 1. The van der Waals surface area contributed by atoms with E-state index >= 15 is 0 Å². The first kappa shape index (κ1) is 11.0. The van der Waals surface area contributed by atoms with Crippen LogP contribution in [-0.2, 0) is 0 Å². The van der Waals surface area contributed by atoms with Gasteiger partial charge in [0.05, 0.1) is 10.7 Å². The van der Waals surface area contributed by atoms with Gasteiger partial charge >= 0.3 is 0 Å². The molecule has 0 spiro atoms. The molecule has 0 unspecified atom stereocenters. The van der Waals surface area contributed by atoms with Gasteiger partial charge in [0.1, 0.15) is 11.6 Å². The zero-order valence-corrected chi connectivity index (χ0v) is 9.69. The maximum Gasteiger partial charge on any atom is 0.148 e. The molecule has 1 aromatic heterocycles. The Morgan fingerprint density at radius 2 is 2.12 bits per heavy atom. The molecule has 0 aliphatic heterocycles. The molecular formula is C11H11ClFN3. The highest BCUT2D eigenvalue weighted by Gasteiger charge is 2.10. The summed E-state index contributed by atoms with van der Waals surface area (Å²) in [5.41, 5.74) is 1.83. The smallest absolute Gasteiger partial charge is 0.148 e. The molecule has 3 nitrogen and oxygen atoms in total. The lowest BCUT2D eigenvalue weighted by Crippen LogP contribution is -1.87. The molecule has 0 radical (unpaired) electrons. The van der Waals surface area contributed by atoms with E-state index in [2.05, 4.69) is 15.5 Å². The summed E-state index contributed by atoms with van der Waals surface area (Å²) in [4.78, 5) is 0. The first-order valence-electron chi connectivity index (χ1n) is 4.81. The third kappa shape index (κ3) is 1.88. The predicted molar refractivity (Wildman–Crippen MR) is 63.3 cm³/mol. The highest BCUT2D eigenvalue weighted by Crippen LogP contribution is 2.29. The molecule has 2 aromatic rings. The molecular weight excluding hydrogens is 229 g/mol. The molecule has 0 atom stereocenters. The van der Waals surface area contributed by atoms with Gasteiger partial charge in [0.2, 0.25) is 0 Å². The summed E-state index contributed by atoms with van der Waals surface area (Å²) in [5.74, 6) is 0.409. The summed E-state index contributed by atoms with van der Waals surface area (Å²) in [6.07, 6.45) is 0. The van der Waals surface area contributed by atoms with E-state index in [1.165, 1.54) is 6.07 Å². The van der Waals surface area contributed by atoms with Crippen LogP contribution in [0, 0.1) is 12.7 Å². The van der Waals surface area contributed by atoms with E-state index in [9.17, 15) is 4.39 Å². The van der Waals surface area contributed by atoms with Gasteiger partial charge in [-0.25, -0.2) is 4.39 Å². The Hall–Kier alpha value is -1.55. The van der Waals surface area contributed by atoms with Gasteiger partial charge in [-0.2, -0.15) is 5.10 Å². The van der Waals surface area contributed by atoms with Gasteiger partial charge in [-0.3, -0.25) is 5.10 Å². The van der Waals surface area contributed by atoms with Crippen molar-refractivity contribution < 1.29 is 4.39 Å². The first-order chi connectivity index (χ1) is 7.61. The molecule has 0 amide bonds. The summed E-state index contributed by atoms with van der Waals surface area (Å²) in [6.45, 7) is 1.68. The van der Waals surface area contributed by atoms with Crippen molar-refractivity contribution in [1.82, 2.24) is 10.2 Å². The average Bonchev–Trinajstić information content (AvgIpc) is 2.71. The summed E-state index contributed by atoms with van der Waals surface area (Å²) in [7, 11) is 1.76. The van der Waals surface area contributed by atoms with E-state index in [4.69, 9.17) is 11.6 Å². The average molecular weight is 240 g/mol. The van der Waals surface area contributed by atoms with Crippen LogP contribution in [-0.4, -0.2) is 17.2 Å². The van der Waals surface area contributed by atoms with Gasteiger partial charge in [0.15, 0.2) is 0 Å². The van der Waals surface area contributed by atoms with Crippen molar-refractivity contribution in [3.05, 3.63) is 34.6 Å². The highest BCUT2D eigenvalue weighted by atomic mass is 35.5. The Bertz CT molecular complexity index is 522. The normalized spacial score (nSPS) is 10.5. The fourth-order valence-electron chi connectivity index (χ4n) is 1.44. The van der Waals surface area contributed by atoms with Crippen LogP contribution in [0.25, 0.3) is 11.3 Å². The number of nitrogens with one attached hydrogen (secondary N) is 2. The van der Waals surface area contributed by atoms with Gasteiger partial charge in [-0.05, 0) is 24.6 Å². The summed E-state index contributed by atoms with van der Waals surface area (Å²) >= 11 is 6.05. The number of benzene rings is 1. The van der Waals surface area contributed by atoms with Gasteiger partial charge < -0.3 is 5.32 Å². The van der Waals surface area contributed by atoms with Crippen molar-refractivity contribution in [2.75, 3.05) is 12.4 Å². The van der Waals surface area contributed by atoms with E-state index in [-0.39, 0.29) is 5.82 Å². The van der Waals surface area contributed by atoms with Gasteiger partial charge in [-0.1, -0.05) is 11.6 Å². The van der Waals surface area contributed by atoms with Crippen molar-refractivity contribution in [1.29, 1.82) is 0 Å². The van der Waals surface area contributed by atoms with Crippen LogP contribution in [0.1, 0.15) is 5.56 Å². The molecule has 0 aliphatic carbocycles. The number of halogens is 2. The minimum atomic E-state index is -0.278. The number of H-pyrrole nitrogens is 1.